The smallest absolute Gasteiger partial charge is 0.306 e. The summed E-state index contributed by atoms with van der Waals surface area (Å²) in [6, 6.07) is 8.52. The van der Waals surface area contributed by atoms with Gasteiger partial charge >= 0.3 is 5.97 Å². The third kappa shape index (κ3) is 3.26. The zero-order chi connectivity index (χ0) is 16.4. The molecule has 1 saturated carbocycles. The minimum Gasteiger partial charge on any atom is -0.481 e. The number of carbonyl (C=O) groups is 2. The zero-order valence-corrected chi connectivity index (χ0v) is 12.6. The molecule has 0 aliphatic heterocycles. The van der Waals surface area contributed by atoms with Crippen molar-refractivity contribution in [3.63, 3.8) is 0 Å². The molecule has 6 heteroatoms. The Morgan fingerprint density at radius 1 is 1.22 bits per heavy atom. The Labute approximate surface area is 132 Å². The molecule has 120 valence electrons. The number of para-hydroxylation sites is 1. The highest BCUT2D eigenvalue weighted by Gasteiger charge is 2.30. The van der Waals surface area contributed by atoms with E-state index >= 15 is 0 Å². The van der Waals surface area contributed by atoms with Gasteiger partial charge in [-0.1, -0.05) is 12.1 Å². The first-order valence-corrected chi connectivity index (χ1v) is 7.65. The van der Waals surface area contributed by atoms with Crippen molar-refractivity contribution in [1.82, 2.24) is 9.88 Å². The van der Waals surface area contributed by atoms with E-state index in [0.29, 0.717) is 30.2 Å². The molecule has 6 nitrogen and oxygen atoms in total. The highest BCUT2D eigenvalue weighted by molar-refractivity contribution is 5.82. The highest BCUT2D eigenvalue weighted by Crippen LogP contribution is 2.25. The first-order valence-electron chi connectivity index (χ1n) is 7.65. The van der Waals surface area contributed by atoms with Crippen LogP contribution in [0.3, 0.4) is 0 Å². The maximum atomic E-state index is 12.2. The Morgan fingerprint density at radius 2 is 2.00 bits per heavy atom. The molecule has 1 aliphatic carbocycles. The first kappa shape index (κ1) is 15.3. The van der Waals surface area contributed by atoms with Crippen molar-refractivity contribution in [1.29, 1.82) is 0 Å². The van der Waals surface area contributed by atoms with Crippen molar-refractivity contribution < 1.29 is 14.7 Å². The standard InChI is InChI=1S/C17H18N2O4/c20-15-7-8-19(14-4-2-1-3-13(14)15)10-16(21)18-12-6-5-11(9-12)17(22)23/h1-4,7-8,11-12H,5-6,9-10H2,(H,18,21)(H,22,23)/t11-,12+/m1/s1. The summed E-state index contributed by atoms with van der Waals surface area (Å²) in [4.78, 5) is 35.0. The molecule has 1 heterocycles. The predicted molar refractivity (Wildman–Crippen MR) is 85.1 cm³/mol. The van der Waals surface area contributed by atoms with Crippen molar-refractivity contribution in [2.45, 2.75) is 31.8 Å². The number of nitrogens with one attached hydrogen (secondary N) is 1. The normalized spacial score (nSPS) is 20.5. The molecule has 1 fully saturated rings. The van der Waals surface area contributed by atoms with Gasteiger partial charge in [-0.3, -0.25) is 14.4 Å². The lowest BCUT2D eigenvalue weighted by molar-refractivity contribution is -0.141. The Hall–Kier alpha value is -2.63. The molecule has 2 N–H and O–H groups in total. The van der Waals surface area contributed by atoms with E-state index in [-0.39, 0.29) is 29.8 Å². The summed E-state index contributed by atoms with van der Waals surface area (Å²) >= 11 is 0. The average molecular weight is 314 g/mol. The summed E-state index contributed by atoms with van der Waals surface area (Å²) in [6.07, 6.45) is 3.37. The molecule has 1 aromatic heterocycles. The average Bonchev–Trinajstić information content (AvgIpc) is 2.99. The summed E-state index contributed by atoms with van der Waals surface area (Å²) in [5.74, 6) is -1.34. The number of carbonyl (C=O) groups excluding carboxylic acids is 1. The number of aromatic nitrogens is 1. The monoisotopic (exact) mass is 314 g/mol. The second-order valence-electron chi connectivity index (χ2n) is 5.94. The molecular formula is C17H18N2O4. The van der Waals surface area contributed by atoms with Gasteiger partial charge in [0.15, 0.2) is 5.43 Å². The van der Waals surface area contributed by atoms with Crippen LogP contribution < -0.4 is 10.7 Å². The minimum atomic E-state index is -0.798. The third-order valence-electron chi connectivity index (χ3n) is 4.35. The van der Waals surface area contributed by atoms with Crippen LogP contribution in [0.5, 0.6) is 0 Å². The number of benzene rings is 1. The summed E-state index contributed by atoms with van der Waals surface area (Å²) in [7, 11) is 0. The van der Waals surface area contributed by atoms with Gasteiger partial charge in [-0.2, -0.15) is 0 Å². The van der Waals surface area contributed by atoms with E-state index in [1.165, 1.54) is 6.07 Å². The van der Waals surface area contributed by atoms with Gasteiger partial charge in [-0.05, 0) is 31.4 Å². The number of carboxylic acids is 1. The quantitative estimate of drug-likeness (QED) is 0.892. The van der Waals surface area contributed by atoms with Gasteiger partial charge in [-0.15, -0.1) is 0 Å². The van der Waals surface area contributed by atoms with Crippen molar-refractivity contribution in [3.05, 3.63) is 46.8 Å². The summed E-state index contributed by atoms with van der Waals surface area (Å²) in [5, 5.41) is 12.5. The van der Waals surface area contributed by atoms with E-state index in [1.54, 1.807) is 29.0 Å². The van der Waals surface area contributed by atoms with E-state index < -0.39 is 5.97 Å². The number of aliphatic carboxylic acids is 1. The number of carboxylic acid groups (broad SMARTS) is 1. The van der Waals surface area contributed by atoms with Crippen LogP contribution in [0.1, 0.15) is 19.3 Å². The second-order valence-corrected chi connectivity index (χ2v) is 5.94. The molecule has 0 spiro atoms. The molecule has 1 aromatic carbocycles. The van der Waals surface area contributed by atoms with E-state index in [1.807, 2.05) is 6.07 Å². The number of pyridine rings is 1. The fourth-order valence-corrected chi connectivity index (χ4v) is 3.16. The fraction of sp³-hybridized carbons (Fsp3) is 0.353. The lowest BCUT2D eigenvalue weighted by Crippen LogP contribution is -2.36. The summed E-state index contributed by atoms with van der Waals surface area (Å²) < 4.78 is 1.73. The molecule has 0 unspecified atom stereocenters. The van der Waals surface area contributed by atoms with E-state index in [0.717, 1.165) is 0 Å². The molecule has 23 heavy (non-hydrogen) atoms. The zero-order valence-electron chi connectivity index (χ0n) is 12.6. The molecule has 3 rings (SSSR count). The van der Waals surface area contributed by atoms with E-state index in [4.69, 9.17) is 5.11 Å². The summed E-state index contributed by atoms with van der Waals surface area (Å²) in [6.45, 7) is 0.106. The maximum absolute atomic E-state index is 12.2. The van der Waals surface area contributed by atoms with Crippen LogP contribution in [-0.4, -0.2) is 27.6 Å². The van der Waals surface area contributed by atoms with Crippen molar-refractivity contribution >= 4 is 22.8 Å². The number of hydrogen-bond acceptors (Lipinski definition) is 3. The van der Waals surface area contributed by atoms with Gasteiger partial charge < -0.3 is 15.0 Å². The van der Waals surface area contributed by atoms with Crippen molar-refractivity contribution in [2.75, 3.05) is 0 Å². The Balaban J connectivity index is 1.71. The topological polar surface area (TPSA) is 88.4 Å². The number of fused-ring (bicyclic) bond motifs is 1. The molecule has 0 radical (unpaired) electrons. The maximum Gasteiger partial charge on any atom is 0.306 e. The van der Waals surface area contributed by atoms with Gasteiger partial charge in [0.25, 0.3) is 0 Å². The first-order chi connectivity index (χ1) is 11.0. The largest absolute Gasteiger partial charge is 0.481 e. The highest BCUT2D eigenvalue weighted by atomic mass is 16.4. The van der Waals surface area contributed by atoms with E-state index in [9.17, 15) is 14.4 Å². The third-order valence-corrected chi connectivity index (χ3v) is 4.35. The SMILES string of the molecule is O=C(Cn1ccc(=O)c2ccccc21)N[C@H]1CC[C@@H](C(=O)O)C1. The van der Waals surface area contributed by atoms with Crippen LogP contribution >= 0.6 is 0 Å². The van der Waals surface area contributed by atoms with Crippen LogP contribution in [0, 0.1) is 5.92 Å². The minimum absolute atomic E-state index is 0.0719. The fourth-order valence-electron chi connectivity index (χ4n) is 3.16. The Bertz CT molecular complexity index is 812. The number of hydrogen-bond donors (Lipinski definition) is 2. The van der Waals surface area contributed by atoms with Crippen LogP contribution in [-0.2, 0) is 16.1 Å². The van der Waals surface area contributed by atoms with Gasteiger partial charge in [-0.25, -0.2) is 0 Å². The number of amides is 1. The lowest BCUT2D eigenvalue weighted by atomic mass is 10.1. The summed E-state index contributed by atoms with van der Waals surface area (Å²) in [5.41, 5.74) is 0.641. The number of nitrogens with zero attached hydrogens (tertiary/aromatic N) is 1. The Kier molecular flexibility index (Phi) is 4.14. The predicted octanol–water partition coefficient (Wildman–Crippen LogP) is 1.37. The lowest BCUT2D eigenvalue weighted by Gasteiger charge is -2.15. The van der Waals surface area contributed by atoms with Gasteiger partial charge in [0.05, 0.1) is 11.4 Å². The van der Waals surface area contributed by atoms with Crippen LogP contribution in [0.2, 0.25) is 0 Å². The molecule has 0 bridgehead atoms. The molecule has 0 saturated heterocycles. The van der Waals surface area contributed by atoms with Crippen LogP contribution in [0.15, 0.2) is 41.3 Å². The Morgan fingerprint density at radius 3 is 2.74 bits per heavy atom. The van der Waals surface area contributed by atoms with E-state index in [2.05, 4.69) is 5.32 Å². The molecule has 2 aromatic rings. The molecule has 1 amide bonds. The van der Waals surface area contributed by atoms with Gasteiger partial charge in [0.2, 0.25) is 5.91 Å². The van der Waals surface area contributed by atoms with Crippen LogP contribution in [0.25, 0.3) is 10.9 Å². The van der Waals surface area contributed by atoms with Gasteiger partial charge in [0, 0.05) is 23.7 Å². The molecular weight excluding hydrogens is 296 g/mol. The van der Waals surface area contributed by atoms with Crippen LogP contribution in [0.4, 0.5) is 0 Å². The molecule has 2 atom stereocenters. The molecule has 1 aliphatic rings. The second kappa shape index (κ2) is 6.24. The number of rotatable bonds is 4. The van der Waals surface area contributed by atoms with Gasteiger partial charge in [0.1, 0.15) is 6.54 Å². The van der Waals surface area contributed by atoms with Crippen molar-refractivity contribution in [2.24, 2.45) is 5.92 Å². The van der Waals surface area contributed by atoms with Crippen molar-refractivity contribution in [3.8, 4) is 0 Å².